The number of hydrogen-bond donors (Lipinski definition) is 1. The van der Waals surface area contributed by atoms with Crippen molar-refractivity contribution in [2.45, 2.75) is 38.6 Å². The molecule has 1 aromatic heterocycles. The van der Waals surface area contributed by atoms with E-state index in [0.29, 0.717) is 12.0 Å². The maximum atomic E-state index is 6.21. The SMILES string of the molecule is CC1CCCCC1Nc1cc(Cl)cc2cccnc12. The lowest BCUT2D eigenvalue weighted by Crippen LogP contribution is -2.30. The van der Waals surface area contributed by atoms with E-state index in [1.165, 1.54) is 25.7 Å². The molecule has 19 heavy (non-hydrogen) atoms. The van der Waals surface area contributed by atoms with Crippen LogP contribution < -0.4 is 5.32 Å². The zero-order chi connectivity index (χ0) is 13.2. The number of fused-ring (bicyclic) bond motifs is 1. The summed E-state index contributed by atoms with van der Waals surface area (Å²) in [5, 5.41) is 5.54. The molecule has 0 saturated heterocycles. The summed E-state index contributed by atoms with van der Waals surface area (Å²) in [5.41, 5.74) is 2.09. The molecule has 1 saturated carbocycles. The number of rotatable bonds is 2. The molecular weight excluding hydrogens is 256 g/mol. The van der Waals surface area contributed by atoms with Gasteiger partial charge in [-0.15, -0.1) is 0 Å². The molecule has 0 spiro atoms. The zero-order valence-electron chi connectivity index (χ0n) is 11.2. The largest absolute Gasteiger partial charge is 0.380 e. The number of anilines is 1. The first-order chi connectivity index (χ1) is 9.24. The smallest absolute Gasteiger partial charge is 0.0934 e. The Morgan fingerprint density at radius 3 is 2.95 bits per heavy atom. The molecule has 2 aromatic rings. The van der Waals surface area contributed by atoms with Gasteiger partial charge in [-0.3, -0.25) is 4.98 Å². The Morgan fingerprint density at radius 1 is 1.26 bits per heavy atom. The summed E-state index contributed by atoms with van der Waals surface area (Å²) in [7, 11) is 0. The number of benzene rings is 1. The molecule has 0 radical (unpaired) electrons. The van der Waals surface area contributed by atoms with Gasteiger partial charge in [-0.25, -0.2) is 0 Å². The van der Waals surface area contributed by atoms with Crippen molar-refractivity contribution in [1.29, 1.82) is 0 Å². The van der Waals surface area contributed by atoms with Crippen molar-refractivity contribution < 1.29 is 0 Å². The minimum Gasteiger partial charge on any atom is -0.380 e. The maximum absolute atomic E-state index is 6.21. The van der Waals surface area contributed by atoms with Crippen LogP contribution in [0.5, 0.6) is 0 Å². The summed E-state index contributed by atoms with van der Waals surface area (Å²) < 4.78 is 0. The van der Waals surface area contributed by atoms with Gasteiger partial charge >= 0.3 is 0 Å². The molecule has 100 valence electrons. The molecule has 3 heteroatoms. The van der Waals surface area contributed by atoms with Gasteiger partial charge in [0.1, 0.15) is 0 Å². The summed E-state index contributed by atoms with van der Waals surface area (Å²) in [4.78, 5) is 4.49. The van der Waals surface area contributed by atoms with Crippen LogP contribution in [0.3, 0.4) is 0 Å². The molecule has 1 fully saturated rings. The summed E-state index contributed by atoms with van der Waals surface area (Å²) in [6, 6.07) is 8.52. The van der Waals surface area contributed by atoms with E-state index in [4.69, 9.17) is 11.6 Å². The van der Waals surface area contributed by atoms with Gasteiger partial charge in [-0.2, -0.15) is 0 Å². The molecule has 1 heterocycles. The Labute approximate surface area is 119 Å². The molecule has 2 nitrogen and oxygen atoms in total. The molecule has 2 unspecified atom stereocenters. The van der Waals surface area contributed by atoms with Crippen LogP contribution in [0.15, 0.2) is 30.5 Å². The Kier molecular flexibility index (Phi) is 3.61. The van der Waals surface area contributed by atoms with E-state index >= 15 is 0 Å². The fraction of sp³-hybridized carbons (Fsp3) is 0.438. The van der Waals surface area contributed by atoms with Crippen molar-refractivity contribution in [1.82, 2.24) is 4.98 Å². The van der Waals surface area contributed by atoms with Crippen LogP contribution in [-0.4, -0.2) is 11.0 Å². The third-order valence-corrected chi connectivity index (χ3v) is 4.34. The van der Waals surface area contributed by atoms with Crippen LogP contribution in [-0.2, 0) is 0 Å². The van der Waals surface area contributed by atoms with Crippen LogP contribution in [0.25, 0.3) is 10.9 Å². The summed E-state index contributed by atoms with van der Waals surface area (Å²) in [5.74, 6) is 0.714. The lowest BCUT2D eigenvalue weighted by Gasteiger charge is -2.30. The fourth-order valence-corrected chi connectivity index (χ4v) is 3.22. The van der Waals surface area contributed by atoms with Crippen LogP contribution in [0.4, 0.5) is 5.69 Å². The van der Waals surface area contributed by atoms with E-state index < -0.39 is 0 Å². The van der Waals surface area contributed by atoms with Crippen LogP contribution in [0.2, 0.25) is 5.02 Å². The van der Waals surface area contributed by atoms with E-state index in [9.17, 15) is 0 Å². The second-order valence-electron chi connectivity index (χ2n) is 5.54. The number of aromatic nitrogens is 1. The zero-order valence-corrected chi connectivity index (χ0v) is 12.0. The normalized spacial score (nSPS) is 23.5. The number of hydrogen-bond acceptors (Lipinski definition) is 2. The highest BCUT2D eigenvalue weighted by molar-refractivity contribution is 6.31. The minimum absolute atomic E-state index is 0.539. The molecule has 1 aliphatic rings. The van der Waals surface area contributed by atoms with Gasteiger partial charge in [-0.05, 0) is 37.0 Å². The summed E-state index contributed by atoms with van der Waals surface area (Å²) in [6.45, 7) is 2.33. The second-order valence-corrected chi connectivity index (χ2v) is 5.98. The highest BCUT2D eigenvalue weighted by atomic mass is 35.5. The summed E-state index contributed by atoms with van der Waals surface area (Å²) >= 11 is 6.21. The second kappa shape index (κ2) is 5.38. The van der Waals surface area contributed by atoms with Crippen LogP contribution in [0, 0.1) is 5.92 Å². The Bertz CT molecular complexity index is 582. The first-order valence-corrected chi connectivity index (χ1v) is 7.42. The van der Waals surface area contributed by atoms with Gasteiger partial charge in [0, 0.05) is 22.6 Å². The highest BCUT2D eigenvalue weighted by Crippen LogP contribution is 2.31. The average Bonchev–Trinajstić information content (AvgIpc) is 2.41. The van der Waals surface area contributed by atoms with Gasteiger partial charge < -0.3 is 5.32 Å². The lowest BCUT2D eigenvalue weighted by atomic mass is 9.86. The predicted molar refractivity (Wildman–Crippen MR) is 81.8 cm³/mol. The van der Waals surface area contributed by atoms with Gasteiger partial charge in [0.05, 0.1) is 11.2 Å². The fourth-order valence-electron chi connectivity index (χ4n) is 3.00. The van der Waals surface area contributed by atoms with Crippen molar-refractivity contribution in [2.24, 2.45) is 5.92 Å². The Hall–Kier alpha value is -1.28. The Morgan fingerprint density at radius 2 is 2.11 bits per heavy atom. The van der Waals surface area contributed by atoms with E-state index in [1.54, 1.807) is 0 Å². The number of nitrogens with one attached hydrogen (secondary N) is 1. The molecular formula is C16H19ClN2. The summed E-state index contributed by atoms with van der Waals surface area (Å²) in [6.07, 6.45) is 7.05. The first kappa shape index (κ1) is 12.7. The van der Waals surface area contributed by atoms with E-state index in [1.807, 2.05) is 24.4 Å². The number of halogens is 1. The molecule has 0 aliphatic heterocycles. The average molecular weight is 275 g/mol. The minimum atomic E-state index is 0.539. The third-order valence-electron chi connectivity index (χ3n) is 4.12. The van der Waals surface area contributed by atoms with Crippen molar-refractivity contribution in [3.63, 3.8) is 0 Å². The lowest BCUT2D eigenvalue weighted by molar-refractivity contribution is 0.350. The van der Waals surface area contributed by atoms with Gasteiger partial charge in [0.2, 0.25) is 0 Å². The standard InChI is InChI=1S/C16H19ClN2/c1-11-5-2-3-7-14(11)19-15-10-13(17)9-12-6-4-8-18-16(12)15/h4,6,8-11,14,19H,2-3,5,7H2,1H3. The predicted octanol–water partition coefficient (Wildman–Crippen LogP) is 4.88. The van der Waals surface area contributed by atoms with Gasteiger partial charge in [0.15, 0.2) is 0 Å². The van der Waals surface area contributed by atoms with E-state index in [-0.39, 0.29) is 0 Å². The number of nitrogens with zero attached hydrogens (tertiary/aromatic N) is 1. The third kappa shape index (κ3) is 2.69. The van der Waals surface area contributed by atoms with Crippen LogP contribution >= 0.6 is 11.6 Å². The maximum Gasteiger partial charge on any atom is 0.0934 e. The van der Waals surface area contributed by atoms with Gasteiger partial charge in [0.25, 0.3) is 0 Å². The number of pyridine rings is 1. The van der Waals surface area contributed by atoms with Crippen molar-refractivity contribution >= 4 is 28.2 Å². The van der Waals surface area contributed by atoms with E-state index in [2.05, 4.69) is 23.3 Å². The van der Waals surface area contributed by atoms with Crippen molar-refractivity contribution in [3.8, 4) is 0 Å². The monoisotopic (exact) mass is 274 g/mol. The van der Waals surface area contributed by atoms with Crippen molar-refractivity contribution in [3.05, 3.63) is 35.5 Å². The molecule has 1 aliphatic carbocycles. The van der Waals surface area contributed by atoms with E-state index in [0.717, 1.165) is 21.6 Å². The van der Waals surface area contributed by atoms with Crippen molar-refractivity contribution in [2.75, 3.05) is 5.32 Å². The quantitative estimate of drug-likeness (QED) is 0.844. The molecule has 1 aromatic carbocycles. The molecule has 0 bridgehead atoms. The molecule has 2 atom stereocenters. The van der Waals surface area contributed by atoms with Gasteiger partial charge in [-0.1, -0.05) is 37.4 Å². The first-order valence-electron chi connectivity index (χ1n) is 7.05. The topological polar surface area (TPSA) is 24.9 Å². The molecule has 3 rings (SSSR count). The highest BCUT2D eigenvalue weighted by Gasteiger charge is 2.21. The van der Waals surface area contributed by atoms with Crippen LogP contribution in [0.1, 0.15) is 32.6 Å². The molecule has 1 N–H and O–H groups in total. The molecule has 0 amide bonds. The Balaban J connectivity index is 1.95.